The molecule has 0 fully saturated rings. The van der Waals surface area contributed by atoms with Crippen molar-refractivity contribution in [3.63, 3.8) is 0 Å². The van der Waals surface area contributed by atoms with Crippen molar-refractivity contribution >= 4 is 10.9 Å². The number of rotatable bonds is 4. The van der Waals surface area contributed by atoms with Crippen molar-refractivity contribution in [2.75, 3.05) is 0 Å². The minimum Gasteiger partial charge on any atom is -0.347 e. The molecule has 0 bridgehead atoms. The minimum absolute atomic E-state index is 0.838. The summed E-state index contributed by atoms with van der Waals surface area (Å²) in [6, 6.07) is 10.6. The molecule has 102 valence electrons. The number of benzene rings is 1. The number of para-hydroxylation sites is 1. The van der Waals surface area contributed by atoms with Gasteiger partial charge in [-0.1, -0.05) is 18.2 Å². The van der Waals surface area contributed by atoms with Gasteiger partial charge in [-0.2, -0.15) is 5.10 Å². The van der Waals surface area contributed by atoms with Crippen LogP contribution < -0.4 is 0 Å². The summed E-state index contributed by atoms with van der Waals surface area (Å²) in [5, 5.41) is 9.56. The number of fused-ring (bicyclic) bond motifs is 1. The maximum atomic E-state index is 4.47. The van der Waals surface area contributed by atoms with Gasteiger partial charge >= 0.3 is 0 Å². The summed E-state index contributed by atoms with van der Waals surface area (Å²) in [6.45, 7) is 4.89. The van der Waals surface area contributed by atoms with Crippen molar-refractivity contribution in [3.05, 3.63) is 53.7 Å². The van der Waals surface area contributed by atoms with Gasteiger partial charge < -0.3 is 4.57 Å². The molecule has 3 aromatic rings. The summed E-state index contributed by atoms with van der Waals surface area (Å²) in [5.74, 6) is 0.838. The largest absolute Gasteiger partial charge is 0.347 e. The average Bonchev–Trinajstić information content (AvgIpc) is 2.86. The van der Waals surface area contributed by atoms with Crippen molar-refractivity contribution in [2.24, 2.45) is 0 Å². The predicted octanol–water partition coefficient (Wildman–Crippen LogP) is 3.08. The summed E-state index contributed by atoms with van der Waals surface area (Å²) in [7, 11) is 0. The maximum absolute atomic E-state index is 4.47. The Hall–Kier alpha value is -2.23. The third-order valence-corrected chi connectivity index (χ3v) is 3.62. The lowest BCUT2D eigenvalue weighted by molar-refractivity contribution is 0.634. The number of hydrogen-bond acceptors (Lipinski definition) is 3. The first-order valence-corrected chi connectivity index (χ1v) is 6.95. The van der Waals surface area contributed by atoms with Crippen LogP contribution in [0.25, 0.3) is 10.9 Å². The molecule has 0 saturated carbocycles. The lowest BCUT2D eigenvalue weighted by Crippen LogP contribution is -2.05. The molecular weight excluding hydrogens is 248 g/mol. The van der Waals surface area contributed by atoms with Crippen LogP contribution in [0.3, 0.4) is 0 Å². The average molecular weight is 266 g/mol. The van der Waals surface area contributed by atoms with Gasteiger partial charge in [0.2, 0.25) is 0 Å². The molecule has 0 spiro atoms. The van der Waals surface area contributed by atoms with Crippen molar-refractivity contribution in [2.45, 2.75) is 33.2 Å². The standard InChI is InChI=1S/C16H18N4/c1-12-13(2)18-19-16(17-12)8-5-10-20-11-9-14-6-3-4-7-15(14)20/h3-4,6-7,9,11H,5,8,10H2,1-2H3. The molecule has 0 atom stereocenters. The van der Waals surface area contributed by atoms with Crippen molar-refractivity contribution < 1.29 is 0 Å². The fraction of sp³-hybridized carbons (Fsp3) is 0.312. The summed E-state index contributed by atoms with van der Waals surface area (Å²) in [5.41, 5.74) is 3.16. The van der Waals surface area contributed by atoms with Crippen LogP contribution in [0.1, 0.15) is 23.6 Å². The summed E-state index contributed by atoms with van der Waals surface area (Å²) in [4.78, 5) is 4.47. The number of aromatic nitrogens is 4. The third kappa shape index (κ3) is 2.54. The van der Waals surface area contributed by atoms with E-state index < -0.39 is 0 Å². The molecule has 0 saturated heterocycles. The van der Waals surface area contributed by atoms with Gasteiger partial charge in [-0.3, -0.25) is 0 Å². The van der Waals surface area contributed by atoms with Gasteiger partial charge in [0.1, 0.15) is 0 Å². The fourth-order valence-corrected chi connectivity index (χ4v) is 2.35. The third-order valence-electron chi connectivity index (χ3n) is 3.62. The molecule has 20 heavy (non-hydrogen) atoms. The predicted molar refractivity (Wildman–Crippen MR) is 79.6 cm³/mol. The van der Waals surface area contributed by atoms with Gasteiger partial charge in [-0.25, -0.2) is 4.98 Å². The molecule has 1 aromatic carbocycles. The molecule has 2 heterocycles. The van der Waals surface area contributed by atoms with Crippen LogP contribution in [0, 0.1) is 13.8 Å². The van der Waals surface area contributed by atoms with E-state index in [0.717, 1.165) is 36.6 Å². The number of nitrogens with zero attached hydrogens (tertiary/aromatic N) is 4. The van der Waals surface area contributed by atoms with Crippen LogP contribution >= 0.6 is 0 Å². The van der Waals surface area contributed by atoms with Crippen LogP contribution in [-0.4, -0.2) is 19.7 Å². The fourth-order valence-electron chi connectivity index (χ4n) is 2.35. The van der Waals surface area contributed by atoms with Crippen LogP contribution in [0.15, 0.2) is 36.5 Å². The van der Waals surface area contributed by atoms with Crippen LogP contribution in [-0.2, 0) is 13.0 Å². The van der Waals surface area contributed by atoms with Gasteiger partial charge in [0.15, 0.2) is 5.82 Å². The summed E-state index contributed by atoms with van der Waals surface area (Å²) >= 11 is 0. The molecule has 3 rings (SSSR count). The summed E-state index contributed by atoms with van der Waals surface area (Å²) < 4.78 is 2.28. The first-order valence-electron chi connectivity index (χ1n) is 6.95. The first kappa shape index (κ1) is 12.8. The van der Waals surface area contributed by atoms with E-state index in [0.29, 0.717) is 0 Å². The lowest BCUT2D eigenvalue weighted by atomic mass is 10.2. The SMILES string of the molecule is Cc1nnc(CCCn2ccc3ccccc32)nc1C. The monoisotopic (exact) mass is 266 g/mol. The van der Waals surface area contributed by atoms with E-state index in [1.807, 2.05) is 13.8 Å². The topological polar surface area (TPSA) is 43.6 Å². The van der Waals surface area contributed by atoms with Crippen LogP contribution in [0.2, 0.25) is 0 Å². The Kier molecular flexibility index (Phi) is 3.46. The van der Waals surface area contributed by atoms with E-state index in [9.17, 15) is 0 Å². The highest BCUT2D eigenvalue weighted by atomic mass is 15.2. The Labute approximate surface area is 118 Å². The zero-order valence-corrected chi connectivity index (χ0v) is 11.9. The minimum atomic E-state index is 0.838. The smallest absolute Gasteiger partial charge is 0.151 e. The molecule has 2 aromatic heterocycles. The second-order valence-electron chi connectivity index (χ2n) is 5.07. The van der Waals surface area contributed by atoms with E-state index in [1.54, 1.807) is 0 Å². The van der Waals surface area contributed by atoms with Gasteiger partial charge in [0.25, 0.3) is 0 Å². The Morgan fingerprint density at radius 2 is 1.85 bits per heavy atom. The number of hydrogen-bond donors (Lipinski definition) is 0. The Morgan fingerprint density at radius 3 is 2.70 bits per heavy atom. The molecule has 0 N–H and O–H groups in total. The van der Waals surface area contributed by atoms with Gasteiger partial charge in [0.05, 0.1) is 11.4 Å². The maximum Gasteiger partial charge on any atom is 0.151 e. The molecule has 0 aliphatic rings. The molecule has 0 aliphatic carbocycles. The van der Waals surface area contributed by atoms with E-state index in [2.05, 4.69) is 56.3 Å². The van der Waals surface area contributed by atoms with E-state index >= 15 is 0 Å². The molecule has 0 aliphatic heterocycles. The second-order valence-corrected chi connectivity index (χ2v) is 5.07. The molecule has 0 amide bonds. The van der Waals surface area contributed by atoms with Gasteiger partial charge in [-0.05, 0) is 37.8 Å². The lowest BCUT2D eigenvalue weighted by Gasteiger charge is -2.05. The zero-order valence-electron chi connectivity index (χ0n) is 11.9. The van der Waals surface area contributed by atoms with E-state index in [-0.39, 0.29) is 0 Å². The van der Waals surface area contributed by atoms with Crippen molar-refractivity contribution in [3.8, 4) is 0 Å². The van der Waals surface area contributed by atoms with E-state index in [1.165, 1.54) is 10.9 Å². The molecule has 4 nitrogen and oxygen atoms in total. The summed E-state index contributed by atoms with van der Waals surface area (Å²) in [6.07, 6.45) is 4.02. The Bertz CT molecular complexity index is 730. The molecule has 4 heteroatoms. The second kappa shape index (κ2) is 5.41. The quantitative estimate of drug-likeness (QED) is 0.729. The molecule has 0 unspecified atom stereocenters. The van der Waals surface area contributed by atoms with Gasteiger partial charge in [0, 0.05) is 24.7 Å². The van der Waals surface area contributed by atoms with Crippen molar-refractivity contribution in [1.82, 2.24) is 19.7 Å². The highest BCUT2D eigenvalue weighted by Gasteiger charge is 2.03. The highest BCUT2D eigenvalue weighted by Crippen LogP contribution is 2.15. The Balaban J connectivity index is 1.66. The van der Waals surface area contributed by atoms with Gasteiger partial charge in [-0.15, -0.1) is 5.10 Å². The highest BCUT2D eigenvalue weighted by molar-refractivity contribution is 5.79. The van der Waals surface area contributed by atoms with E-state index in [4.69, 9.17) is 0 Å². The van der Waals surface area contributed by atoms with Crippen LogP contribution in [0.5, 0.6) is 0 Å². The van der Waals surface area contributed by atoms with Crippen molar-refractivity contribution in [1.29, 1.82) is 0 Å². The molecule has 0 radical (unpaired) electrons. The normalized spacial score (nSPS) is 11.1. The molecular formula is C16H18N4. The number of aryl methyl sites for hydroxylation is 4. The first-order chi connectivity index (χ1) is 9.74. The Morgan fingerprint density at radius 1 is 1.00 bits per heavy atom. The zero-order chi connectivity index (χ0) is 13.9. The van der Waals surface area contributed by atoms with Crippen LogP contribution in [0.4, 0.5) is 0 Å².